The fourth-order valence-electron chi connectivity index (χ4n) is 0.973. The van der Waals surface area contributed by atoms with Crippen molar-refractivity contribution in [1.29, 1.82) is 0 Å². The van der Waals surface area contributed by atoms with E-state index in [2.05, 4.69) is 20.8 Å². The predicted molar refractivity (Wildman–Crippen MR) is 40.4 cm³/mol. The van der Waals surface area contributed by atoms with Gasteiger partial charge in [-0.1, -0.05) is 20.8 Å². The van der Waals surface area contributed by atoms with E-state index in [1.165, 1.54) is 0 Å². The van der Waals surface area contributed by atoms with Crippen LogP contribution in [0.4, 0.5) is 0 Å². The Morgan fingerprint density at radius 3 is 1.89 bits per heavy atom. The summed E-state index contributed by atoms with van der Waals surface area (Å²) >= 11 is 5.68. The van der Waals surface area contributed by atoms with Gasteiger partial charge in [0.25, 0.3) is 0 Å². The van der Waals surface area contributed by atoms with Crippen molar-refractivity contribution in [2.24, 2.45) is 11.3 Å². The largest absolute Gasteiger partial charge is 0.219 e. The molecule has 1 saturated heterocycles. The lowest BCUT2D eigenvalue weighted by atomic mass is 9.77. The van der Waals surface area contributed by atoms with Gasteiger partial charge < -0.3 is 0 Å². The van der Waals surface area contributed by atoms with Crippen LogP contribution in [0, 0.1) is 11.3 Å². The van der Waals surface area contributed by atoms with Gasteiger partial charge in [0.1, 0.15) is 0 Å². The van der Waals surface area contributed by atoms with Crippen LogP contribution in [0.5, 0.6) is 0 Å². The van der Waals surface area contributed by atoms with Gasteiger partial charge >= 0.3 is 0 Å². The molecule has 0 aromatic carbocycles. The molecule has 1 aliphatic heterocycles. The summed E-state index contributed by atoms with van der Waals surface area (Å²) in [7, 11) is 0. The van der Waals surface area contributed by atoms with Crippen LogP contribution in [-0.4, -0.2) is 17.5 Å². The molecule has 0 spiro atoms. The fraction of sp³-hybridized carbons (Fsp3) is 1.00. The van der Waals surface area contributed by atoms with Crippen LogP contribution >= 0.6 is 11.8 Å². The SMILES string of the molecule is CC(C)(C)C1CN(Cl)C1. The molecule has 0 amide bonds. The Morgan fingerprint density at radius 1 is 1.33 bits per heavy atom. The van der Waals surface area contributed by atoms with Crippen LogP contribution in [0.2, 0.25) is 0 Å². The van der Waals surface area contributed by atoms with Crippen molar-refractivity contribution in [1.82, 2.24) is 4.42 Å². The second-order valence-corrected chi connectivity index (χ2v) is 4.37. The Bertz CT molecular complexity index is 100.0. The van der Waals surface area contributed by atoms with Crippen LogP contribution in [0.25, 0.3) is 0 Å². The van der Waals surface area contributed by atoms with E-state index in [-0.39, 0.29) is 0 Å². The molecule has 1 aliphatic rings. The summed E-state index contributed by atoms with van der Waals surface area (Å²) in [6.07, 6.45) is 0. The zero-order valence-electron chi connectivity index (χ0n) is 6.32. The third-order valence-corrected chi connectivity index (χ3v) is 2.34. The van der Waals surface area contributed by atoms with E-state index in [0.717, 1.165) is 19.0 Å². The molecule has 1 heterocycles. The molecule has 0 atom stereocenters. The molecule has 0 unspecified atom stereocenters. The van der Waals surface area contributed by atoms with Gasteiger partial charge in [-0.2, -0.15) is 0 Å². The zero-order valence-corrected chi connectivity index (χ0v) is 7.07. The minimum absolute atomic E-state index is 0.450. The standard InChI is InChI=1S/C7H14ClN/c1-7(2,3)6-4-9(8)5-6/h6H,4-5H2,1-3H3. The molecule has 54 valence electrons. The maximum Gasteiger partial charge on any atom is 0.0185 e. The van der Waals surface area contributed by atoms with Gasteiger partial charge in [0.15, 0.2) is 0 Å². The first-order valence-corrected chi connectivity index (χ1v) is 3.74. The average molecular weight is 148 g/mol. The van der Waals surface area contributed by atoms with Crippen molar-refractivity contribution in [3.05, 3.63) is 0 Å². The molecule has 0 aromatic rings. The van der Waals surface area contributed by atoms with Gasteiger partial charge in [0, 0.05) is 13.1 Å². The first-order chi connectivity index (χ1) is 4.00. The van der Waals surface area contributed by atoms with Crippen molar-refractivity contribution in [2.45, 2.75) is 20.8 Å². The monoisotopic (exact) mass is 147 g/mol. The van der Waals surface area contributed by atoms with Crippen LogP contribution < -0.4 is 0 Å². The Balaban J connectivity index is 2.32. The Labute approximate surface area is 62.1 Å². The molecule has 1 fully saturated rings. The minimum Gasteiger partial charge on any atom is -0.219 e. The molecule has 0 bridgehead atoms. The van der Waals surface area contributed by atoms with Crippen molar-refractivity contribution in [3.63, 3.8) is 0 Å². The highest BCUT2D eigenvalue weighted by molar-refractivity contribution is 6.13. The van der Waals surface area contributed by atoms with Crippen LogP contribution in [0.15, 0.2) is 0 Å². The summed E-state index contributed by atoms with van der Waals surface area (Å²) in [5.74, 6) is 0.801. The van der Waals surface area contributed by atoms with Gasteiger partial charge in [0.05, 0.1) is 0 Å². The lowest BCUT2D eigenvalue weighted by Gasteiger charge is -2.42. The molecule has 1 rings (SSSR count). The molecule has 0 N–H and O–H groups in total. The number of halogens is 1. The van der Waals surface area contributed by atoms with Gasteiger partial charge in [-0.25, -0.2) is 4.42 Å². The molecule has 9 heavy (non-hydrogen) atoms. The lowest BCUT2D eigenvalue weighted by molar-refractivity contribution is 0.0910. The Hall–Kier alpha value is 0.250. The number of hydrogen-bond donors (Lipinski definition) is 0. The zero-order chi connectivity index (χ0) is 7.07. The molecular weight excluding hydrogens is 134 g/mol. The fourth-order valence-corrected chi connectivity index (χ4v) is 1.31. The molecule has 2 heteroatoms. The third-order valence-electron chi connectivity index (χ3n) is 2.06. The van der Waals surface area contributed by atoms with Gasteiger partial charge in [-0.15, -0.1) is 0 Å². The summed E-state index contributed by atoms with van der Waals surface area (Å²) in [6.45, 7) is 8.92. The Morgan fingerprint density at radius 2 is 1.78 bits per heavy atom. The number of nitrogens with zero attached hydrogens (tertiary/aromatic N) is 1. The smallest absolute Gasteiger partial charge is 0.0185 e. The van der Waals surface area contributed by atoms with Crippen LogP contribution in [-0.2, 0) is 0 Å². The summed E-state index contributed by atoms with van der Waals surface area (Å²) in [4.78, 5) is 0. The highest BCUT2D eigenvalue weighted by Gasteiger charge is 2.34. The maximum atomic E-state index is 5.68. The number of hydrogen-bond acceptors (Lipinski definition) is 1. The van der Waals surface area contributed by atoms with E-state index in [9.17, 15) is 0 Å². The average Bonchev–Trinajstić information content (AvgIpc) is 1.55. The van der Waals surface area contributed by atoms with E-state index in [1.54, 1.807) is 0 Å². The van der Waals surface area contributed by atoms with Gasteiger partial charge in [0.2, 0.25) is 0 Å². The van der Waals surface area contributed by atoms with E-state index >= 15 is 0 Å². The molecule has 0 aromatic heterocycles. The van der Waals surface area contributed by atoms with Crippen molar-refractivity contribution < 1.29 is 0 Å². The molecule has 0 saturated carbocycles. The van der Waals surface area contributed by atoms with Crippen molar-refractivity contribution >= 4 is 11.8 Å². The summed E-state index contributed by atoms with van der Waals surface area (Å²) in [5, 5.41) is 0. The summed E-state index contributed by atoms with van der Waals surface area (Å²) in [5.41, 5.74) is 0.450. The minimum atomic E-state index is 0.450. The first kappa shape index (κ1) is 7.36. The molecule has 1 nitrogen and oxygen atoms in total. The second-order valence-electron chi connectivity index (χ2n) is 3.89. The van der Waals surface area contributed by atoms with Crippen LogP contribution in [0.3, 0.4) is 0 Å². The van der Waals surface area contributed by atoms with E-state index in [0.29, 0.717) is 5.41 Å². The Kier molecular flexibility index (Phi) is 1.75. The highest BCUT2D eigenvalue weighted by atomic mass is 35.5. The summed E-state index contributed by atoms with van der Waals surface area (Å²) < 4.78 is 1.84. The van der Waals surface area contributed by atoms with E-state index in [4.69, 9.17) is 11.8 Å². The lowest BCUT2D eigenvalue weighted by Crippen LogP contribution is -2.47. The van der Waals surface area contributed by atoms with Crippen LogP contribution in [0.1, 0.15) is 20.8 Å². The summed E-state index contributed by atoms with van der Waals surface area (Å²) in [6, 6.07) is 0. The third kappa shape index (κ3) is 1.59. The molecule has 0 radical (unpaired) electrons. The predicted octanol–water partition coefficient (Wildman–Crippen LogP) is 2.12. The van der Waals surface area contributed by atoms with E-state index < -0.39 is 0 Å². The second kappa shape index (κ2) is 2.14. The highest BCUT2D eigenvalue weighted by Crippen LogP contribution is 2.34. The first-order valence-electron chi connectivity index (χ1n) is 3.41. The van der Waals surface area contributed by atoms with E-state index in [1.807, 2.05) is 4.42 Å². The van der Waals surface area contributed by atoms with Gasteiger partial charge in [-0.05, 0) is 23.1 Å². The maximum absolute atomic E-state index is 5.68. The molecule has 0 aliphatic carbocycles. The van der Waals surface area contributed by atoms with Crippen molar-refractivity contribution in [2.75, 3.05) is 13.1 Å². The quantitative estimate of drug-likeness (QED) is 0.475. The normalized spacial score (nSPS) is 24.0. The molecular formula is C7H14ClN. The van der Waals surface area contributed by atoms with Gasteiger partial charge in [-0.3, -0.25) is 0 Å². The topological polar surface area (TPSA) is 3.24 Å². The number of rotatable bonds is 0. The van der Waals surface area contributed by atoms with Crippen molar-refractivity contribution in [3.8, 4) is 0 Å².